The van der Waals surface area contributed by atoms with E-state index in [0.29, 0.717) is 23.8 Å². The Balaban J connectivity index is 1.57. The molecule has 0 saturated heterocycles. The number of nitrogens with zero attached hydrogens (tertiary/aromatic N) is 5. The van der Waals surface area contributed by atoms with Gasteiger partial charge in [-0.1, -0.05) is 13.8 Å². The van der Waals surface area contributed by atoms with Gasteiger partial charge in [-0.25, -0.2) is 4.98 Å². The Labute approximate surface area is 174 Å². The smallest absolute Gasteiger partial charge is 0.311 e. The van der Waals surface area contributed by atoms with Crippen molar-refractivity contribution in [2.75, 3.05) is 5.32 Å². The highest BCUT2D eigenvalue weighted by molar-refractivity contribution is 5.73. The highest BCUT2D eigenvalue weighted by atomic mass is 16.5. The number of rotatable bonds is 6. The van der Waals surface area contributed by atoms with Crippen molar-refractivity contribution in [3.8, 4) is 17.1 Å². The van der Waals surface area contributed by atoms with Crippen LogP contribution in [0.1, 0.15) is 26.0 Å². The fourth-order valence-electron chi connectivity index (χ4n) is 2.95. The molecule has 3 aromatic heterocycles. The zero-order valence-corrected chi connectivity index (χ0v) is 17.0. The van der Waals surface area contributed by atoms with Gasteiger partial charge in [-0.15, -0.1) is 5.10 Å². The summed E-state index contributed by atoms with van der Waals surface area (Å²) in [5.74, 6) is 2.32. The minimum Gasteiger partial charge on any atom is -0.427 e. The van der Waals surface area contributed by atoms with E-state index in [9.17, 15) is 4.79 Å². The van der Waals surface area contributed by atoms with Gasteiger partial charge in [0.05, 0.1) is 0 Å². The molecule has 0 atom stereocenters. The Morgan fingerprint density at radius 1 is 1.17 bits per heavy atom. The SMILES string of the molecule is Cc1cc(Nc2ccc(OC(=O)CC(C)C)cc2)n2nc(-c3cccnc3)nc2n1. The monoisotopic (exact) mass is 402 g/mol. The molecule has 0 fully saturated rings. The molecule has 8 heteroatoms. The van der Waals surface area contributed by atoms with Crippen molar-refractivity contribution in [3.05, 3.63) is 60.6 Å². The molecule has 0 bridgehead atoms. The zero-order chi connectivity index (χ0) is 21.1. The van der Waals surface area contributed by atoms with Gasteiger partial charge in [0, 0.05) is 41.8 Å². The molecule has 152 valence electrons. The van der Waals surface area contributed by atoms with E-state index in [1.54, 1.807) is 29.0 Å². The van der Waals surface area contributed by atoms with E-state index in [-0.39, 0.29) is 11.9 Å². The third-order valence-corrected chi connectivity index (χ3v) is 4.29. The van der Waals surface area contributed by atoms with E-state index in [2.05, 4.69) is 25.4 Å². The number of aromatic nitrogens is 5. The standard InChI is InChI=1S/C22H22N6O2/c1-14(2)11-20(29)30-18-8-6-17(7-9-18)25-19-12-15(3)24-22-26-21(27-28(19)22)16-5-4-10-23-13-16/h4-10,12-14,25H,11H2,1-3H3. The number of hydrogen-bond acceptors (Lipinski definition) is 7. The van der Waals surface area contributed by atoms with Crippen LogP contribution in [0.4, 0.5) is 11.5 Å². The predicted molar refractivity (Wildman–Crippen MR) is 114 cm³/mol. The highest BCUT2D eigenvalue weighted by Gasteiger charge is 2.12. The lowest BCUT2D eigenvalue weighted by molar-refractivity contribution is -0.135. The second-order valence-corrected chi connectivity index (χ2v) is 7.39. The van der Waals surface area contributed by atoms with Gasteiger partial charge >= 0.3 is 5.97 Å². The Kier molecular flexibility index (Phi) is 5.38. The van der Waals surface area contributed by atoms with E-state index >= 15 is 0 Å². The maximum Gasteiger partial charge on any atom is 0.311 e. The molecule has 0 aliphatic rings. The summed E-state index contributed by atoms with van der Waals surface area (Å²) in [7, 11) is 0. The van der Waals surface area contributed by atoms with Gasteiger partial charge in [0.25, 0.3) is 5.78 Å². The number of nitrogens with one attached hydrogen (secondary N) is 1. The number of carbonyl (C=O) groups excluding carboxylic acids is 1. The van der Waals surface area contributed by atoms with Crippen LogP contribution in [0, 0.1) is 12.8 Å². The van der Waals surface area contributed by atoms with Crippen LogP contribution in [0.3, 0.4) is 0 Å². The van der Waals surface area contributed by atoms with Crippen LogP contribution < -0.4 is 10.1 Å². The van der Waals surface area contributed by atoms with Crippen LogP contribution in [0.25, 0.3) is 17.2 Å². The molecule has 0 radical (unpaired) electrons. The van der Waals surface area contributed by atoms with Crippen molar-refractivity contribution < 1.29 is 9.53 Å². The van der Waals surface area contributed by atoms with Gasteiger partial charge in [-0.05, 0) is 49.2 Å². The van der Waals surface area contributed by atoms with Crippen LogP contribution in [-0.2, 0) is 4.79 Å². The van der Waals surface area contributed by atoms with Crippen molar-refractivity contribution >= 4 is 23.3 Å². The third-order valence-electron chi connectivity index (χ3n) is 4.29. The first-order valence-corrected chi connectivity index (χ1v) is 9.70. The molecule has 0 aliphatic heterocycles. The predicted octanol–water partition coefficient (Wildman–Crippen LogP) is 4.19. The van der Waals surface area contributed by atoms with Crippen LogP contribution >= 0.6 is 0 Å². The number of ether oxygens (including phenoxy) is 1. The minimum absolute atomic E-state index is 0.234. The molecule has 30 heavy (non-hydrogen) atoms. The number of benzene rings is 1. The molecule has 0 unspecified atom stereocenters. The number of hydrogen-bond donors (Lipinski definition) is 1. The highest BCUT2D eigenvalue weighted by Crippen LogP contribution is 2.23. The van der Waals surface area contributed by atoms with Crippen LogP contribution in [0.15, 0.2) is 54.9 Å². The van der Waals surface area contributed by atoms with Gasteiger partial charge in [0.2, 0.25) is 0 Å². The lowest BCUT2D eigenvalue weighted by atomic mass is 10.1. The summed E-state index contributed by atoms with van der Waals surface area (Å²) in [4.78, 5) is 24.9. The molecule has 4 aromatic rings. The second-order valence-electron chi connectivity index (χ2n) is 7.39. The minimum atomic E-state index is -0.234. The number of aryl methyl sites for hydroxylation is 1. The molecule has 3 heterocycles. The molecule has 0 spiro atoms. The Hall–Kier alpha value is -3.81. The summed E-state index contributed by atoms with van der Waals surface area (Å²) in [6.45, 7) is 5.87. The summed E-state index contributed by atoms with van der Waals surface area (Å²) in [5.41, 5.74) is 2.46. The topological polar surface area (TPSA) is 94.3 Å². The van der Waals surface area contributed by atoms with Gasteiger partial charge in [0.15, 0.2) is 5.82 Å². The normalized spacial score (nSPS) is 11.1. The van der Waals surface area contributed by atoms with Crippen molar-refractivity contribution in [1.29, 1.82) is 0 Å². The molecule has 0 aliphatic carbocycles. The van der Waals surface area contributed by atoms with Gasteiger partial charge in [-0.2, -0.15) is 9.50 Å². The summed E-state index contributed by atoms with van der Waals surface area (Å²) in [6, 6.07) is 12.8. The fraction of sp³-hybridized carbons (Fsp3) is 0.227. The first-order valence-electron chi connectivity index (χ1n) is 9.70. The molecular formula is C22H22N6O2. The Morgan fingerprint density at radius 2 is 1.97 bits per heavy atom. The number of esters is 1. The zero-order valence-electron chi connectivity index (χ0n) is 17.0. The Bertz CT molecular complexity index is 1170. The quantitative estimate of drug-likeness (QED) is 0.382. The second kappa shape index (κ2) is 8.28. The fourth-order valence-corrected chi connectivity index (χ4v) is 2.95. The molecule has 1 N–H and O–H groups in total. The van der Waals surface area contributed by atoms with Crippen molar-refractivity contribution in [1.82, 2.24) is 24.6 Å². The van der Waals surface area contributed by atoms with Crippen molar-refractivity contribution in [2.24, 2.45) is 5.92 Å². The largest absolute Gasteiger partial charge is 0.427 e. The summed E-state index contributed by atoms with van der Waals surface area (Å²) < 4.78 is 7.02. The number of carbonyl (C=O) groups is 1. The lowest BCUT2D eigenvalue weighted by Crippen LogP contribution is -2.10. The van der Waals surface area contributed by atoms with Crippen molar-refractivity contribution in [2.45, 2.75) is 27.2 Å². The van der Waals surface area contributed by atoms with E-state index in [1.807, 2.05) is 51.1 Å². The van der Waals surface area contributed by atoms with E-state index in [0.717, 1.165) is 22.8 Å². The molecule has 4 rings (SSSR count). The summed E-state index contributed by atoms with van der Waals surface area (Å²) in [6.07, 6.45) is 3.81. The summed E-state index contributed by atoms with van der Waals surface area (Å²) in [5, 5.41) is 7.91. The van der Waals surface area contributed by atoms with Crippen LogP contribution in [0.2, 0.25) is 0 Å². The lowest BCUT2D eigenvalue weighted by Gasteiger charge is -2.10. The number of anilines is 2. The number of fused-ring (bicyclic) bond motifs is 1. The van der Waals surface area contributed by atoms with E-state index in [4.69, 9.17) is 4.74 Å². The first-order chi connectivity index (χ1) is 14.5. The molecule has 8 nitrogen and oxygen atoms in total. The van der Waals surface area contributed by atoms with E-state index < -0.39 is 0 Å². The molecule has 1 aromatic carbocycles. The van der Waals surface area contributed by atoms with E-state index in [1.165, 1.54) is 0 Å². The summed E-state index contributed by atoms with van der Waals surface area (Å²) >= 11 is 0. The maximum atomic E-state index is 11.8. The Morgan fingerprint density at radius 3 is 2.67 bits per heavy atom. The average molecular weight is 402 g/mol. The maximum absolute atomic E-state index is 11.8. The molecule has 0 amide bonds. The van der Waals surface area contributed by atoms with Crippen LogP contribution in [0.5, 0.6) is 5.75 Å². The average Bonchev–Trinajstić information content (AvgIpc) is 3.14. The van der Waals surface area contributed by atoms with Gasteiger partial charge in [0.1, 0.15) is 11.6 Å². The van der Waals surface area contributed by atoms with Crippen molar-refractivity contribution in [3.63, 3.8) is 0 Å². The third kappa shape index (κ3) is 4.43. The van der Waals surface area contributed by atoms with Crippen LogP contribution in [-0.4, -0.2) is 30.5 Å². The van der Waals surface area contributed by atoms with Gasteiger partial charge < -0.3 is 10.1 Å². The molecule has 0 saturated carbocycles. The van der Waals surface area contributed by atoms with Gasteiger partial charge in [-0.3, -0.25) is 9.78 Å². The molecular weight excluding hydrogens is 380 g/mol. The first kappa shape index (κ1) is 19.5. The number of pyridine rings is 1.